The number of hydrogen-bond donors (Lipinski definition) is 2. The molecule has 1 aromatic carbocycles. The molecule has 0 aliphatic heterocycles. The fraction of sp³-hybridized carbons (Fsp3) is 0.250. The van der Waals surface area contributed by atoms with Crippen molar-refractivity contribution in [3.63, 3.8) is 0 Å². The molecule has 182 valence electrons. The molecular weight excluding hydrogens is 469 g/mol. The predicted molar refractivity (Wildman–Crippen MR) is 137 cm³/mol. The van der Waals surface area contributed by atoms with E-state index in [1.165, 1.54) is 13.4 Å². The highest BCUT2D eigenvalue weighted by molar-refractivity contribution is 7.59. The van der Waals surface area contributed by atoms with Crippen molar-refractivity contribution in [2.24, 2.45) is 0 Å². The summed E-state index contributed by atoms with van der Waals surface area (Å²) in [6, 6.07) is 7.56. The van der Waals surface area contributed by atoms with E-state index in [9.17, 15) is 9.18 Å². The van der Waals surface area contributed by atoms with E-state index in [1.54, 1.807) is 24.5 Å². The third-order valence-corrected chi connectivity index (χ3v) is 5.32. The van der Waals surface area contributed by atoms with Gasteiger partial charge >= 0.3 is 6.01 Å². The number of amides is 1. The molecule has 2 N–H and O–H groups in total. The van der Waals surface area contributed by atoms with Crippen LogP contribution in [0.3, 0.4) is 0 Å². The molecule has 0 aliphatic rings. The molecule has 35 heavy (non-hydrogen) atoms. The maximum Gasteiger partial charge on any atom is 0.316 e. The van der Waals surface area contributed by atoms with Gasteiger partial charge in [0.05, 0.1) is 29.6 Å². The van der Waals surface area contributed by atoms with Gasteiger partial charge in [0, 0.05) is 48.9 Å². The summed E-state index contributed by atoms with van der Waals surface area (Å²) in [6.45, 7) is 4.92. The molecule has 9 nitrogen and oxygen atoms in total. The van der Waals surface area contributed by atoms with E-state index < -0.39 is 11.7 Å². The largest absolute Gasteiger partial charge is 0.464 e. The number of carbonyl (C=O) groups excluding carboxylic acids is 1. The van der Waals surface area contributed by atoms with Crippen molar-refractivity contribution in [1.82, 2.24) is 30.2 Å². The standard InChI is InChI=1S/C24H24FN7O2.H2S/c1-4-34-24-29-10-15(11-30-24)19-8-20(32-13-31-19)27-9-14(2)16-6-5-7-17-21(23(33)26-3)18(25)12-28-22(16)17;/h5-8,10-14H,4,9H2,1-3H3,(H,26,33)(H,27,31,32);1H2/t14-;/m1./s1. The van der Waals surface area contributed by atoms with Gasteiger partial charge in [0.15, 0.2) is 5.82 Å². The molecule has 0 aliphatic carbocycles. The number of hydrogen-bond acceptors (Lipinski definition) is 8. The van der Waals surface area contributed by atoms with Crippen LogP contribution in [0, 0.1) is 5.82 Å². The lowest BCUT2D eigenvalue weighted by atomic mass is 9.96. The zero-order chi connectivity index (χ0) is 24.1. The smallest absolute Gasteiger partial charge is 0.316 e. The highest BCUT2D eigenvalue weighted by atomic mass is 32.1. The molecule has 4 rings (SSSR count). The minimum Gasteiger partial charge on any atom is -0.464 e. The number of para-hydroxylation sites is 1. The number of nitrogens with zero attached hydrogens (tertiary/aromatic N) is 5. The van der Waals surface area contributed by atoms with Gasteiger partial charge in [-0.15, -0.1) is 0 Å². The molecule has 0 spiro atoms. The summed E-state index contributed by atoms with van der Waals surface area (Å²) in [6.07, 6.45) is 5.86. The van der Waals surface area contributed by atoms with Crippen LogP contribution in [0.2, 0.25) is 0 Å². The van der Waals surface area contributed by atoms with Crippen LogP contribution in [0.25, 0.3) is 22.2 Å². The average molecular weight is 496 g/mol. The number of carbonyl (C=O) groups is 1. The van der Waals surface area contributed by atoms with Crippen molar-refractivity contribution < 1.29 is 13.9 Å². The van der Waals surface area contributed by atoms with Gasteiger partial charge in [-0.3, -0.25) is 9.78 Å². The Morgan fingerprint density at radius 3 is 2.60 bits per heavy atom. The van der Waals surface area contributed by atoms with E-state index in [2.05, 4.69) is 35.6 Å². The Morgan fingerprint density at radius 2 is 1.89 bits per heavy atom. The molecule has 0 fully saturated rings. The maximum absolute atomic E-state index is 14.3. The zero-order valence-electron chi connectivity index (χ0n) is 19.5. The zero-order valence-corrected chi connectivity index (χ0v) is 20.5. The third-order valence-electron chi connectivity index (χ3n) is 5.32. The number of pyridine rings is 1. The third kappa shape index (κ3) is 5.62. The lowest BCUT2D eigenvalue weighted by Gasteiger charge is -2.17. The maximum atomic E-state index is 14.3. The van der Waals surface area contributed by atoms with Crippen molar-refractivity contribution in [3.05, 3.63) is 66.1 Å². The minimum absolute atomic E-state index is 0. The molecule has 1 atom stereocenters. The summed E-state index contributed by atoms with van der Waals surface area (Å²) < 4.78 is 19.6. The second kappa shape index (κ2) is 11.5. The van der Waals surface area contributed by atoms with E-state index in [4.69, 9.17) is 4.74 Å². The number of fused-ring (bicyclic) bond motifs is 1. The number of aromatic nitrogens is 5. The molecule has 11 heteroatoms. The normalized spacial score (nSPS) is 11.4. The van der Waals surface area contributed by atoms with Crippen molar-refractivity contribution >= 4 is 36.1 Å². The molecule has 1 amide bonds. The Kier molecular flexibility index (Phi) is 8.48. The van der Waals surface area contributed by atoms with E-state index in [0.29, 0.717) is 41.6 Å². The first-order valence-corrected chi connectivity index (χ1v) is 10.8. The lowest BCUT2D eigenvalue weighted by Crippen LogP contribution is -2.20. The summed E-state index contributed by atoms with van der Waals surface area (Å²) in [5.41, 5.74) is 2.89. The first-order chi connectivity index (χ1) is 16.5. The van der Waals surface area contributed by atoms with Crippen LogP contribution in [0.4, 0.5) is 10.2 Å². The highest BCUT2D eigenvalue weighted by Gasteiger charge is 2.19. The van der Waals surface area contributed by atoms with Crippen LogP contribution in [-0.2, 0) is 0 Å². The highest BCUT2D eigenvalue weighted by Crippen LogP contribution is 2.28. The van der Waals surface area contributed by atoms with E-state index >= 15 is 0 Å². The topological polar surface area (TPSA) is 115 Å². The van der Waals surface area contributed by atoms with Crippen molar-refractivity contribution in [2.45, 2.75) is 19.8 Å². The Hall–Kier alpha value is -3.86. The second-order valence-electron chi connectivity index (χ2n) is 7.56. The van der Waals surface area contributed by atoms with E-state index in [0.717, 1.165) is 17.3 Å². The lowest BCUT2D eigenvalue weighted by molar-refractivity contribution is 0.0960. The summed E-state index contributed by atoms with van der Waals surface area (Å²) in [5, 5.41) is 6.28. The molecular formula is C24H26FN7O2S. The van der Waals surface area contributed by atoms with Crippen molar-refractivity contribution in [3.8, 4) is 17.3 Å². The van der Waals surface area contributed by atoms with Gasteiger partial charge in [-0.1, -0.05) is 25.1 Å². The molecule has 0 bridgehead atoms. The van der Waals surface area contributed by atoms with Gasteiger partial charge in [0.25, 0.3) is 5.91 Å². The van der Waals surface area contributed by atoms with Gasteiger partial charge in [0.2, 0.25) is 0 Å². The second-order valence-corrected chi connectivity index (χ2v) is 7.56. The van der Waals surface area contributed by atoms with Crippen LogP contribution >= 0.6 is 13.5 Å². The molecule has 0 radical (unpaired) electrons. The monoisotopic (exact) mass is 495 g/mol. The van der Waals surface area contributed by atoms with E-state index in [-0.39, 0.29) is 25.0 Å². The van der Waals surface area contributed by atoms with Crippen molar-refractivity contribution in [2.75, 3.05) is 25.5 Å². The molecule has 4 aromatic rings. The Labute approximate surface area is 209 Å². The van der Waals surface area contributed by atoms with Gasteiger partial charge < -0.3 is 15.4 Å². The molecule has 3 heterocycles. The van der Waals surface area contributed by atoms with Gasteiger partial charge in [-0.05, 0) is 12.5 Å². The van der Waals surface area contributed by atoms with Crippen LogP contribution in [-0.4, -0.2) is 51.0 Å². The number of anilines is 1. The fourth-order valence-corrected chi connectivity index (χ4v) is 3.61. The van der Waals surface area contributed by atoms with Gasteiger partial charge in [0.1, 0.15) is 12.1 Å². The van der Waals surface area contributed by atoms with Crippen LogP contribution < -0.4 is 15.4 Å². The summed E-state index contributed by atoms with van der Waals surface area (Å²) in [5.74, 6) is -0.511. The number of halogens is 1. The van der Waals surface area contributed by atoms with Gasteiger partial charge in [-0.25, -0.2) is 24.3 Å². The Morgan fingerprint density at radius 1 is 1.11 bits per heavy atom. The van der Waals surface area contributed by atoms with Crippen LogP contribution in [0.5, 0.6) is 6.01 Å². The van der Waals surface area contributed by atoms with E-state index in [1.807, 2.05) is 26.0 Å². The summed E-state index contributed by atoms with van der Waals surface area (Å²) in [7, 11) is 1.47. The van der Waals surface area contributed by atoms with Gasteiger partial charge in [-0.2, -0.15) is 13.5 Å². The minimum atomic E-state index is -0.651. The SMILES string of the molecule is CCOc1ncc(-c2cc(NC[C@@H](C)c3cccc4c(C(=O)NC)c(F)cnc34)ncn2)cn1.S. The summed E-state index contributed by atoms with van der Waals surface area (Å²) in [4.78, 5) is 33.4. The Balaban J connectivity index is 0.00000342. The van der Waals surface area contributed by atoms with Crippen LogP contribution in [0.15, 0.2) is 49.2 Å². The quantitative estimate of drug-likeness (QED) is 0.380. The molecule has 0 saturated carbocycles. The van der Waals surface area contributed by atoms with Crippen molar-refractivity contribution in [1.29, 1.82) is 0 Å². The number of nitrogens with one attached hydrogen (secondary N) is 2. The molecule has 3 aromatic heterocycles. The first-order valence-electron chi connectivity index (χ1n) is 10.8. The fourth-order valence-electron chi connectivity index (χ4n) is 3.61. The number of benzene rings is 1. The number of rotatable bonds is 8. The number of ether oxygens (including phenoxy) is 1. The van der Waals surface area contributed by atoms with Crippen LogP contribution in [0.1, 0.15) is 35.7 Å². The average Bonchev–Trinajstić information content (AvgIpc) is 2.87. The molecule has 0 saturated heterocycles. The Bertz CT molecular complexity index is 1320. The first kappa shape index (κ1) is 25.8. The predicted octanol–water partition coefficient (Wildman–Crippen LogP) is 3.71. The summed E-state index contributed by atoms with van der Waals surface area (Å²) >= 11 is 0. The molecule has 0 unspecified atom stereocenters.